The molecule has 2 fully saturated rings. The first kappa shape index (κ1) is 15.0. The zero-order valence-electron chi connectivity index (χ0n) is 13.3. The lowest BCUT2D eigenvalue weighted by Gasteiger charge is -2.43. The highest BCUT2D eigenvalue weighted by atomic mass is 16.5. The second kappa shape index (κ2) is 6.07. The minimum Gasteiger partial charge on any atom is -0.377 e. The van der Waals surface area contributed by atoms with Gasteiger partial charge in [0, 0.05) is 26.2 Å². The molecule has 1 aliphatic heterocycles. The largest absolute Gasteiger partial charge is 0.377 e. The zero-order valence-corrected chi connectivity index (χ0v) is 13.3. The van der Waals surface area contributed by atoms with Crippen molar-refractivity contribution in [3.8, 4) is 0 Å². The van der Waals surface area contributed by atoms with Gasteiger partial charge < -0.3 is 10.5 Å². The molecule has 116 valence electrons. The molecule has 3 rings (SSSR count). The normalized spacial score (nSPS) is 28.5. The fourth-order valence-electron chi connectivity index (χ4n) is 3.58. The summed E-state index contributed by atoms with van der Waals surface area (Å²) in [5.41, 5.74) is 8.91. The fraction of sp³-hybridized carbons (Fsp3) is 0.667. The van der Waals surface area contributed by atoms with Gasteiger partial charge >= 0.3 is 0 Å². The molecule has 1 heterocycles. The first-order valence-electron chi connectivity index (χ1n) is 8.24. The Kier molecular flexibility index (Phi) is 4.34. The Bertz CT molecular complexity index is 469. The van der Waals surface area contributed by atoms with E-state index in [1.807, 2.05) is 7.11 Å². The molecule has 3 nitrogen and oxygen atoms in total. The van der Waals surface area contributed by atoms with Gasteiger partial charge in [0.2, 0.25) is 0 Å². The molecule has 1 aromatic rings. The van der Waals surface area contributed by atoms with Gasteiger partial charge in [0.25, 0.3) is 0 Å². The second-order valence-electron chi connectivity index (χ2n) is 6.92. The third kappa shape index (κ3) is 3.31. The van der Waals surface area contributed by atoms with Gasteiger partial charge in [0.15, 0.2) is 0 Å². The lowest BCUT2D eigenvalue weighted by atomic mass is 9.92. The minimum atomic E-state index is -0.0282. The van der Waals surface area contributed by atoms with Gasteiger partial charge in [-0.3, -0.25) is 4.90 Å². The molecular weight excluding hydrogens is 260 g/mol. The van der Waals surface area contributed by atoms with Crippen LogP contribution in [0.3, 0.4) is 0 Å². The molecule has 1 saturated carbocycles. The molecule has 2 aliphatic rings. The molecule has 1 aromatic carbocycles. The summed E-state index contributed by atoms with van der Waals surface area (Å²) in [5.74, 6) is 0.821. The molecule has 0 radical (unpaired) electrons. The quantitative estimate of drug-likeness (QED) is 0.905. The zero-order chi connectivity index (χ0) is 14.9. The SMILES string of the molecule is COC1(C)CCCN(C(CN)c2ccc(C3CC3)cc2)C1. The van der Waals surface area contributed by atoms with Gasteiger partial charge in [-0.2, -0.15) is 0 Å². The van der Waals surface area contributed by atoms with Crippen molar-refractivity contribution in [3.63, 3.8) is 0 Å². The summed E-state index contributed by atoms with van der Waals surface area (Å²) in [7, 11) is 1.82. The molecule has 2 N–H and O–H groups in total. The molecular formula is C18H28N2O. The standard InChI is InChI=1S/C18H28N2O/c1-18(21-2)10-3-11-20(13-18)17(12-19)16-8-6-15(7-9-16)14-4-5-14/h6-9,14,17H,3-5,10-13,19H2,1-2H3. The summed E-state index contributed by atoms with van der Waals surface area (Å²) in [6.07, 6.45) is 5.04. The van der Waals surface area contributed by atoms with Crippen molar-refractivity contribution in [1.29, 1.82) is 0 Å². The van der Waals surface area contributed by atoms with Crippen molar-refractivity contribution >= 4 is 0 Å². The van der Waals surface area contributed by atoms with Gasteiger partial charge in [-0.1, -0.05) is 24.3 Å². The van der Waals surface area contributed by atoms with Crippen LogP contribution in [0.15, 0.2) is 24.3 Å². The number of hydrogen-bond donors (Lipinski definition) is 1. The Morgan fingerprint density at radius 1 is 1.33 bits per heavy atom. The lowest BCUT2D eigenvalue weighted by molar-refractivity contribution is -0.0608. The van der Waals surface area contributed by atoms with E-state index in [1.165, 1.54) is 30.4 Å². The van der Waals surface area contributed by atoms with E-state index < -0.39 is 0 Å². The molecule has 3 heteroatoms. The van der Waals surface area contributed by atoms with Gasteiger partial charge in [-0.25, -0.2) is 0 Å². The van der Waals surface area contributed by atoms with Crippen LogP contribution in [-0.2, 0) is 4.74 Å². The highest BCUT2D eigenvalue weighted by Crippen LogP contribution is 2.40. The van der Waals surface area contributed by atoms with Gasteiger partial charge in [0.1, 0.15) is 0 Å². The summed E-state index contributed by atoms with van der Waals surface area (Å²) in [6, 6.07) is 9.48. The fourth-order valence-corrected chi connectivity index (χ4v) is 3.58. The first-order chi connectivity index (χ1) is 10.1. The van der Waals surface area contributed by atoms with Gasteiger partial charge in [0.05, 0.1) is 5.60 Å². The van der Waals surface area contributed by atoms with E-state index in [0.29, 0.717) is 12.6 Å². The molecule has 1 aliphatic carbocycles. The monoisotopic (exact) mass is 288 g/mol. The number of nitrogens with two attached hydrogens (primary N) is 1. The van der Waals surface area contributed by atoms with E-state index in [1.54, 1.807) is 0 Å². The molecule has 21 heavy (non-hydrogen) atoms. The van der Waals surface area contributed by atoms with Gasteiger partial charge in [-0.05, 0) is 56.2 Å². The van der Waals surface area contributed by atoms with Crippen LogP contribution in [0.2, 0.25) is 0 Å². The summed E-state index contributed by atoms with van der Waals surface area (Å²) in [4.78, 5) is 2.50. The maximum atomic E-state index is 6.09. The van der Waals surface area contributed by atoms with E-state index in [0.717, 1.165) is 25.4 Å². The molecule has 2 atom stereocenters. The number of likely N-dealkylation sites (tertiary alicyclic amines) is 1. The predicted octanol–water partition coefficient (Wildman–Crippen LogP) is 3.06. The van der Waals surface area contributed by atoms with Crippen molar-refractivity contribution < 1.29 is 4.74 Å². The number of piperidine rings is 1. The summed E-state index contributed by atoms with van der Waals surface area (Å²) in [6.45, 7) is 4.96. The predicted molar refractivity (Wildman–Crippen MR) is 86.4 cm³/mol. The molecule has 0 spiro atoms. The van der Waals surface area contributed by atoms with Crippen LogP contribution in [0.25, 0.3) is 0 Å². The van der Waals surface area contributed by atoms with E-state index in [-0.39, 0.29) is 5.60 Å². The Balaban J connectivity index is 1.74. The summed E-state index contributed by atoms with van der Waals surface area (Å²) in [5, 5.41) is 0. The van der Waals surface area contributed by atoms with Crippen molar-refractivity contribution in [2.75, 3.05) is 26.7 Å². The smallest absolute Gasteiger partial charge is 0.0777 e. The second-order valence-corrected chi connectivity index (χ2v) is 6.92. The van der Waals surface area contributed by atoms with Crippen molar-refractivity contribution in [1.82, 2.24) is 4.90 Å². The van der Waals surface area contributed by atoms with Crippen molar-refractivity contribution in [3.05, 3.63) is 35.4 Å². The van der Waals surface area contributed by atoms with Crippen LogP contribution in [0.1, 0.15) is 55.7 Å². The highest BCUT2D eigenvalue weighted by Gasteiger charge is 2.34. The van der Waals surface area contributed by atoms with E-state index in [2.05, 4.69) is 36.1 Å². The Morgan fingerprint density at radius 3 is 2.62 bits per heavy atom. The van der Waals surface area contributed by atoms with Crippen LogP contribution in [0, 0.1) is 0 Å². The Hall–Kier alpha value is -0.900. The average molecular weight is 288 g/mol. The van der Waals surface area contributed by atoms with E-state index in [9.17, 15) is 0 Å². The summed E-state index contributed by atoms with van der Waals surface area (Å²) >= 11 is 0. The van der Waals surface area contributed by atoms with Gasteiger partial charge in [-0.15, -0.1) is 0 Å². The summed E-state index contributed by atoms with van der Waals surface area (Å²) < 4.78 is 5.72. The van der Waals surface area contributed by atoms with Crippen LogP contribution in [0.4, 0.5) is 0 Å². The molecule has 0 amide bonds. The average Bonchev–Trinajstić information content (AvgIpc) is 3.34. The van der Waals surface area contributed by atoms with Crippen LogP contribution >= 0.6 is 0 Å². The molecule has 1 saturated heterocycles. The number of benzene rings is 1. The third-order valence-electron chi connectivity index (χ3n) is 5.22. The number of ether oxygens (including phenoxy) is 1. The Morgan fingerprint density at radius 2 is 2.05 bits per heavy atom. The number of methoxy groups -OCH3 is 1. The molecule has 0 aromatic heterocycles. The molecule has 2 unspecified atom stereocenters. The number of hydrogen-bond acceptors (Lipinski definition) is 3. The number of rotatable bonds is 5. The molecule has 0 bridgehead atoms. The first-order valence-corrected chi connectivity index (χ1v) is 8.24. The van der Waals surface area contributed by atoms with Crippen LogP contribution in [-0.4, -0.2) is 37.2 Å². The van der Waals surface area contributed by atoms with Crippen molar-refractivity contribution in [2.45, 2.75) is 50.2 Å². The van der Waals surface area contributed by atoms with E-state index >= 15 is 0 Å². The third-order valence-corrected chi connectivity index (χ3v) is 5.22. The topological polar surface area (TPSA) is 38.5 Å². The Labute approximate surface area is 128 Å². The highest BCUT2D eigenvalue weighted by molar-refractivity contribution is 5.30. The number of nitrogens with zero attached hydrogens (tertiary/aromatic N) is 1. The van der Waals surface area contributed by atoms with Crippen LogP contribution < -0.4 is 5.73 Å². The van der Waals surface area contributed by atoms with Crippen molar-refractivity contribution in [2.24, 2.45) is 5.73 Å². The van der Waals surface area contributed by atoms with E-state index in [4.69, 9.17) is 10.5 Å². The minimum absolute atomic E-state index is 0.0282. The lowest BCUT2D eigenvalue weighted by Crippen LogP contribution is -2.49. The maximum absolute atomic E-state index is 6.09. The van der Waals surface area contributed by atoms with Crippen LogP contribution in [0.5, 0.6) is 0 Å². The maximum Gasteiger partial charge on any atom is 0.0777 e.